The molecule has 0 saturated heterocycles. The molecule has 0 spiro atoms. The van der Waals surface area contributed by atoms with Gasteiger partial charge in [-0.2, -0.15) is 13.2 Å². The van der Waals surface area contributed by atoms with Crippen LogP contribution in [0.15, 0.2) is 0 Å². The molecular formula is C11H22F3N. The molecule has 0 bridgehead atoms. The minimum atomic E-state index is -4.00. The fourth-order valence-corrected chi connectivity index (χ4v) is 1.59. The highest BCUT2D eigenvalue weighted by Gasteiger charge is 2.26. The van der Waals surface area contributed by atoms with Gasteiger partial charge in [0.2, 0.25) is 0 Å². The summed E-state index contributed by atoms with van der Waals surface area (Å²) in [4.78, 5) is 0. The lowest BCUT2D eigenvalue weighted by atomic mass is 10.0. The van der Waals surface area contributed by atoms with E-state index in [4.69, 9.17) is 0 Å². The Morgan fingerprint density at radius 1 is 1.07 bits per heavy atom. The fourth-order valence-electron chi connectivity index (χ4n) is 1.59. The Bertz CT molecular complexity index is 145. The summed E-state index contributed by atoms with van der Waals surface area (Å²) in [6.45, 7) is 5.02. The first-order chi connectivity index (χ1) is 6.99. The minimum Gasteiger partial charge on any atom is -0.314 e. The van der Waals surface area contributed by atoms with Crippen LogP contribution in [0, 0.1) is 0 Å². The molecule has 1 atom stereocenters. The van der Waals surface area contributed by atoms with Crippen LogP contribution in [0.25, 0.3) is 0 Å². The van der Waals surface area contributed by atoms with E-state index >= 15 is 0 Å². The van der Waals surface area contributed by atoms with Crippen LogP contribution in [0.4, 0.5) is 13.2 Å². The third-order valence-electron chi connectivity index (χ3n) is 2.33. The summed E-state index contributed by atoms with van der Waals surface area (Å²) >= 11 is 0. The van der Waals surface area contributed by atoms with Gasteiger partial charge in [-0.05, 0) is 32.2 Å². The van der Waals surface area contributed by atoms with Crippen molar-refractivity contribution in [2.24, 2.45) is 0 Å². The van der Waals surface area contributed by atoms with Crippen molar-refractivity contribution in [1.29, 1.82) is 0 Å². The zero-order valence-corrected chi connectivity index (χ0v) is 9.66. The Morgan fingerprint density at radius 3 is 2.20 bits per heavy atom. The van der Waals surface area contributed by atoms with E-state index < -0.39 is 12.6 Å². The van der Waals surface area contributed by atoms with Crippen molar-refractivity contribution < 1.29 is 13.2 Å². The molecule has 0 aliphatic carbocycles. The largest absolute Gasteiger partial charge is 0.389 e. The Balaban J connectivity index is 3.65. The van der Waals surface area contributed by atoms with E-state index in [1.807, 2.05) is 0 Å². The maximum absolute atomic E-state index is 11.9. The van der Waals surface area contributed by atoms with Gasteiger partial charge in [0.1, 0.15) is 0 Å². The number of hydrogen-bond donors (Lipinski definition) is 1. The molecule has 0 fully saturated rings. The smallest absolute Gasteiger partial charge is 0.314 e. The Kier molecular flexibility index (Phi) is 7.83. The van der Waals surface area contributed by atoms with Gasteiger partial charge < -0.3 is 5.32 Å². The standard InChI is InChI=1S/C11H22F3N/c1-3-6-10(15-9-4-2)7-5-8-11(12,13)14/h10,15H,3-9H2,1-2H3. The lowest BCUT2D eigenvalue weighted by Gasteiger charge is -2.18. The molecule has 15 heavy (non-hydrogen) atoms. The molecule has 0 heterocycles. The van der Waals surface area contributed by atoms with Gasteiger partial charge in [-0.25, -0.2) is 0 Å². The fraction of sp³-hybridized carbons (Fsp3) is 1.00. The maximum atomic E-state index is 11.9. The molecule has 1 unspecified atom stereocenters. The first-order valence-electron chi connectivity index (χ1n) is 5.79. The van der Waals surface area contributed by atoms with E-state index in [0.29, 0.717) is 6.42 Å². The second-order valence-electron chi connectivity index (χ2n) is 3.95. The molecule has 0 aromatic carbocycles. The number of rotatable bonds is 8. The van der Waals surface area contributed by atoms with Crippen molar-refractivity contribution in [1.82, 2.24) is 5.32 Å². The number of nitrogens with one attached hydrogen (secondary N) is 1. The molecule has 0 aliphatic rings. The van der Waals surface area contributed by atoms with Crippen LogP contribution in [0.2, 0.25) is 0 Å². The zero-order chi connectivity index (χ0) is 11.7. The highest BCUT2D eigenvalue weighted by molar-refractivity contribution is 4.67. The summed E-state index contributed by atoms with van der Waals surface area (Å²) in [5.74, 6) is 0. The first kappa shape index (κ1) is 14.8. The molecule has 0 radical (unpaired) electrons. The van der Waals surface area contributed by atoms with Gasteiger partial charge in [-0.1, -0.05) is 20.3 Å². The highest BCUT2D eigenvalue weighted by atomic mass is 19.4. The average molecular weight is 225 g/mol. The SMILES string of the molecule is CCCNC(CCC)CCCC(F)(F)F. The third kappa shape index (κ3) is 10.0. The van der Waals surface area contributed by atoms with E-state index in [0.717, 1.165) is 25.8 Å². The highest BCUT2D eigenvalue weighted by Crippen LogP contribution is 2.23. The maximum Gasteiger partial charge on any atom is 0.389 e. The molecule has 0 aromatic rings. The molecule has 92 valence electrons. The molecule has 1 nitrogen and oxygen atoms in total. The monoisotopic (exact) mass is 225 g/mol. The van der Waals surface area contributed by atoms with Crippen LogP contribution in [0.1, 0.15) is 52.4 Å². The summed E-state index contributed by atoms with van der Waals surface area (Å²) in [5.41, 5.74) is 0. The Labute approximate surface area is 90.4 Å². The molecule has 4 heteroatoms. The van der Waals surface area contributed by atoms with Crippen molar-refractivity contribution in [2.45, 2.75) is 64.6 Å². The quantitative estimate of drug-likeness (QED) is 0.661. The summed E-state index contributed by atoms with van der Waals surface area (Å²) < 4.78 is 35.8. The van der Waals surface area contributed by atoms with Crippen molar-refractivity contribution in [3.8, 4) is 0 Å². The lowest BCUT2D eigenvalue weighted by molar-refractivity contribution is -0.135. The van der Waals surface area contributed by atoms with Gasteiger partial charge in [-0.3, -0.25) is 0 Å². The van der Waals surface area contributed by atoms with Gasteiger partial charge in [0, 0.05) is 12.5 Å². The van der Waals surface area contributed by atoms with Gasteiger partial charge in [0.25, 0.3) is 0 Å². The van der Waals surface area contributed by atoms with E-state index in [-0.39, 0.29) is 12.5 Å². The van der Waals surface area contributed by atoms with Crippen LogP contribution in [-0.2, 0) is 0 Å². The predicted molar refractivity (Wildman–Crippen MR) is 56.9 cm³/mol. The van der Waals surface area contributed by atoms with Crippen LogP contribution in [0.3, 0.4) is 0 Å². The van der Waals surface area contributed by atoms with Gasteiger partial charge in [-0.15, -0.1) is 0 Å². The molecule has 0 aromatic heterocycles. The van der Waals surface area contributed by atoms with Crippen LogP contribution in [0.5, 0.6) is 0 Å². The lowest BCUT2D eigenvalue weighted by Crippen LogP contribution is -2.29. The topological polar surface area (TPSA) is 12.0 Å². The number of hydrogen-bond acceptors (Lipinski definition) is 1. The normalized spacial score (nSPS) is 14.2. The van der Waals surface area contributed by atoms with E-state index in [1.54, 1.807) is 0 Å². The molecular weight excluding hydrogens is 203 g/mol. The Hall–Kier alpha value is -0.250. The second-order valence-corrected chi connectivity index (χ2v) is 3.95. The van der Waals surface area contributed by atoms with E-state index in [1.165, 1.54) is 0 Å². The number of alkyl halides is 3. The van der Waals surface area contributed by atoms with Crippen molar-refractivity contribution in [2.75, 3.05) is 6.54 Å². The predicted octanol–water partition coefficient (Wildman–Crippen LogP) is 3.89. The second kappa shape index (κ2) is 7.97. The van der Waals surface area contributed by atoms with E-state index in [2.05, 4.69) is 19.2 Å². The minimum absolute atomic E-state index is 0.241. The van der Waals surface area contributed by atoms with Crippen LogP contribution in [-0.4, -0.2) is 18.8 Å². The molecule has 1 N–H and O–H groups in total. The van der Waals surface area contributed by atoms with Crippen molar-refractivity contribution in [3.05, 3.63) is 0 Å². The summed E-state index contributed by atoms with van der Waals surface area (Å²) in [5, 5.41) is 3.29. The van der Waals surface area contributed by atoms with Gasteiger partial charge in [0.15, 0.2) is 0 Å². The first-order valence-corrected chi connectivity index (χ1v) is 5.79. The van der Waals surface area contributed by atoms with Gasteiger partial charge >= 0.3 is 6.18 Å². The van der Waals surface area contributed by atoms with Crippen LogP contribution >= 0.6 is 0 Å². The van der Waals surface area contributed by atoms with Gasteiger partial charge in [0.05, 0.1) is 0 Å². The third-order valence-corrected chi connectivity index (χ3v) is 2.33. The summed E-state index contributed by atoms with van der Waals surface area (Å²) in [7, 11) is 0. The van der Waals surface area contributed by atoms with E-state index in [9.17, 15) is 13.2 Å². The summed E-state index contributed by atoms with van der Waals surface area (Å²) in [6, 6.07) is 0.261. The van der Waals surface area contributed by atoms with Crippen molar-refractivity contribution >= 4 is 0 Å². The Morgan fingerprint density at radius 2 is 1.73 bits per heavy atom. The number of halogens is 3. The molecule has 0 rings (SSSR count). The van der Waals surface area contributed by atoms with Crippen LogP contribution < -0.4 is 5.32 Å². The molecule has 0 saturated carbocycles. The molecule has 0 aliphatic heterocycles. The van der Waals surface area contributed by atoms with Crippen molar-refractivity contribution in [3.63, 3.8) is 0 Å². The summed E-state index contributed by atoms with van der Waals surface area (Å²) in [6.07, 6.45) is -0.758. The molecule has 0 amide bonds. The average Bonchev–Trinajstić information content (AvgIpc) is 2.12. The zero-order valence-electron chi connectivity index (χ0n) is 9.66.